The summed E-state index contributed by atoms with van der Waals surface area (Å²) in [6.07, 6.45) is 8.02. The van der Waals surface area contributed by atoms with Crippen LogP contribution in [0.25, 0.3) is 0 Å². The minimum Gasteiger partial charge on any atom is -0.378 e. The highest BCUT2D eigenvalue weighted by Crippen LogP contribution is 2.55. The van der Waals surface area contributed by atoms with Crippen molar-refractivity contribution in [1.82, 2.24) is 9.21 Å². The molecule has 0 spiro atoms. The zero-order chi connectivity index (χ0) is 13.0. The Hall–Kier alpha value is 0.230. The molecule has 4 bridgehead atoms. The molecule has 5 fully saturated rings. The van der Waals surface area contributed by atoms with Gasteiger partial charge in [0, 0.05) is 31.2 Å². The summed E-state index contributed by atoms with van der Waals surface area (Å²) in [7, 11) is 0. The van der Waals surface area contributed by atoms with E-state index in [0.29, 0.717) is 5.41 Å². The van der Waals surface area contributed by atoms with Crippen LogP contribution in [-0.2, 0) is 4.74 Å². The molecule has 108 valence electrons. The molecule has 4 saturated heterocycles. The zero-order valence-corrected chi connectivity index (χ0v) is 13.0. The first-order chi connectivity index (χ1) is 9.19. The predicted molar refractivity (Wildman–Crippen MR) is 79.2 cm³/mol. The molecule has 0 amide bonds. The Morgan fingerprint density at radius 2 is 2.05 bits per heavy atom. The highest BCUT2D eigenvalue weighted by atomic mass is 32.2. The van der Waals surface area contributed by atoms with Crippen LogP contribution in [0.1, 0.15) is 32.6 Å². The Bertz CT molecular complexity index is 344. The lowest BCUT2D eigenvalue weighted by Gasteiger charge is -2.60. The first-order valence-electron chi connectivity index (χ1n) is 7.83. The molecule has 4 aliphatic heterocycles. The standard InChI is InChI=1S/C15H26N2OS/c1-11(17-13-3-14(17)9-18-8-13)4-15-5-12(6-15)7-16(10-15)19-2/h11-14H,3-10H2,1-2H3. The molecule has 4 heterocycles. The molecule has 0 aromatic rings. The van der Waals surface area contributed by atoms with Crippen LogP contribution in [0.5, 0.6) is 0 Å². The van der Waals surface area contributed by atoms with Crippen molar-refractivity contribution in [3.8, 4) is 0 Å². The smallest absolute Gasteiger partial charge is 0.0623 e. The van der Waals surface area contributed by atoms with E-state index in [1.807, 2.05) is 11.9 Å². The Balaban J connectivity index is 1.39. The van der Waals surface area contributed by atoms with Crippen molar-refractivity contribution >= 4 is 11.9 Å². The van der Waals surface area contributed by atoms with Gasteiger partial charge in [0.25, 0.3) is 0 Å². The number of hydrogen-bond acceptors (Lipinski definition) is 4. The SMILES string of the molecule is CSN1CC2CC(CC(C)N3C4COCC3C4)(C2)C1. The molecule has 1 saturated carbocycles. The number of fused-ring (bicyclic) bond motifs is 4. The first-order valence-corrected chi connectivity index (χ1v) is 9.01. The zero-order valence-electron chi connectivity index (χ0n) is 12.2. The van der Waals surface area contributed by atoms with Crippen LogP contribution in [0, 0.1) is 11.3 Å². The van der Waals surface area contributed by atoms with Gasteiger partial charge in [0.1, 0.15) is 0 Å². The fourth-order valence-electron chi connectivity index (χ4n) is 5.34. The maximum absolute atomic E-state index is 5.62. The topological polar surface area (TPSA) is 15.7 Å². The Morgan fingerprint density at radius 3 is 2.68 bits per heavy atom. The Morgan fingerprint density at radius 1 is 1.32 bits per heavy atom. The highest BCUT2D eigenvalue weighted by molar-refractivity contribution is 7.96. The van der Waals surface area contributed by atoms with Crippen LogP contribution in [0.15, 0.2) is 0 Å². The van der Waals surface area contributed by atoms with Gasteiger partial charge in [-0.2, -0.15) is 0 Å². The van der Waals surface area contributed by atoms with E-state index in [2.05, 4.69) is 22.4 Å². The molecule has 4 heteroatoms. The normalized spacial score (nSPS) is 47.4. The lowest BCUT2D eigenvalue weighted by Crippen LogP contribution is -2.67. The van der Waals surface area contributed by atoms with E-state index in [-0.39, 0.29) is 0 Å². The van der Waals surface area contributed by atoms with Crippen molar-refractivity contribution in [1.29, 1.82) is 0 Å². The van der Waals surface area contributed by atoms with Gasteiger partial charge < -0.3 is 4.74 Å². The van der Waals surface area contributed by atoms with Crippen LogP contribution in [0.3, 0.4) is 0 Å². The first kappa shape index (κ1) is 12.9. The quantitative estimate of drug-likeness (QED) is 0.735. The summed E-state index contributed by atoms with van der Waals surface area (Å²) in [4.78, 5) is 2.77. The minimum absolute atomic E-state index is 0.649. The van der Waals surface area contributed by atoms with E-state index in [1.165, 1.54) is 38.8 Å². The second-order valence-corrected chi connectivity index (χ2v) is 8.24. The summed E-state index contributed by atoms with van der Waals surface area (Å²) in [6, 6.07) is 2.23. The van der Waals surface area contributed by atoms with Crippen LogP contribution in [0.4, 0.5) is 0 Å². The van der Waals surface area contributed by atoms with Gasteiger partial charge in [-0.25, -0.2) is 0 Å². The van der Waals surface area contributed by atoms with Gasteiger partial charge in [0.15, 0.2) is 0 Å². The van der Waals surface area contributed by atoms with E-state index >= 15 is 0 Å². The van der Waals surface area contributed by atoms with Gasteiger partial charge in [-0.3, -0.25) is 9.21 Å². The van der Waals surface area contributed by atoms with Gasteiger partial charge >= 0.3 is 0 Å². The summed E-state index contributed by atoms with van der Waals surface area (Å²) in [5, 5.41) is 0. The number of piperidine rings is 2. The van der Waals surface area contributed by atoms with E-state index in [1.54, 1.807) is 0 Å². The van der Waals surface area contributed by atoms with Crippen molar-refractivity contribution in [3.05, 3.63) is 0 Å². The number of morpholine rings is 1. The van der Waals surface area contributed by atoms with Gasteiger partial charge in [-0.15, -0.1) is 0 Å². The van der Waals surface area contributed by atoms with E-state index in [0.717, 1.165) is 37.3 Å². The van der Waals surface area contributed by atoms with Crippen molar-refractivity contribution < 1.29 is 4.74 Å². The molecule has 3 unspecified atom stereocenters. The molecule has 0 aromatic heterocycles. The fourth-order valence-corrected chi connectivity index (χ4v) is 6.10. The third-order valence-corrected chi connectivity index (χ3v) is 6.72. The van der Waals surface area contributed by atoms with Crippen LogP contribution in [0.2, 0.25) is 0 Å². The molecular weight excluding hydrogens is 256 g/mol. The maximum atomic E-state index is 5.62. The summed E-state index contributed by atoms with van der Waals surface area (Å²) in [5.41, 5.74) is 0.649. The summed E-state index contributed by atoms with van der Waals surface area (Å²) < 4.78 is 8.22. The Labute approximate surface area is 121 Å². The van der Waals surface area contributed by atoms with E-state index < -0.39 is 0 Å². The Kier molecular flexibility index (Phi) is 3.14. The van der Waals surface area contributed by atoms with E-state index in [4.69, 9.17) is 4.74 Å². The molecule has 1 aliphatic carbocycles. The summed E-state index contributed by atoms with van der Waals surface area (Å²) in [6.45, 7) is 7.08. The minimum atomic E-state index is 0.649. The third kappa shape index (κ3) is 2.06. The molecule has 3 nitrogen and oxygen atoms in total. The molecule has 0 radical (unpaired) electrons. The number of nitrogens with zero attached hydrogens (tertiary/aromatic N) is 2. The molecule has 0 aromatic carbocycles. The molecular formula is C15H26N2OS. The second-order valence-electron chi connectivity index (χ2n) is 7.36. The lowest BCUT2D eigenvalue weighted by atomic mass is 9.57. The summed E-state index contributed by atoms with van der Waals surface area (Å²) >= 11 is 1.95. The van der Waals surface area contributed by atoms with Crippen LogP contribution < -0.4 is 0 Å². The monoisotopic (exact) mass is 282 g/mol. The van der Waals surface area contributed by atoms with Crippen molar-refractivity contribution in [2.24, 2.45) is 11.3 Å². The fraction of sp³-hybridized carbons (Fsp3) is 1.00. The lowest BCUT2D eigenvalue weighted by molar-refractivity contribution is -0.157. The molecule has 19 heavy (non-hydrogen) atoms. The largest absolute Gasteiger partial charge is 0.378 e. The van der Waals surface area contributed by atoms with Gasteiger partial charge in [0.05, 0.1) is 13.2 Å². The van der Waals surface area contributed by atoms with Crippen molar-refractivity contribution in [3.63, 3.8) is 0 Å². The summed E-state index contributed by atoms with van der Waals surface area (Å²) in [5.74, 6) is 0.993. The number of hydrogen-bond donors (Lipinski definition) is 0. The molecule has 5 aliphatic rings. The number of rotatable bonds is 4. The highest BCUT2D eigenvalue weighted by Gasteiger charge is 2.52. The molecule has 0 N–H and O–H groups in total. The third-order valence-electron chi connectivity index (χ3n) is 5.92. The van der Waals surface area contributed by atoms with Crippen molar-refractivity contribution in [2.75, 3.05) is 32.6 Å². The average molecular weight is 282 g/mol. The van der Waals surface area contributed by atoms with Crippen molar-refractivity contribution in [2.45, 2.75) is 50.7 Å². The van der Waals surface area contributed by atoms with Gasteiger partial charge in [-0.1, -0.05) is 11.9 Å². The molecule has 3 atom stereocenters. The number of ether oxygens (including phenoxy) is 1. The average Bonchev–Trinajstić information content (AvgIpc) is 2.38. The van der Waals surface area contributed by atoms with Crippen LogP contribution in [-0.4, -0.2) is 59.9 Å². The molecule has 5 rings (SSSR count). The van der Waals surface area contributed by atoms with E-state index in [9.17, 15) is 0 Å². The second kappa shape index (κ2) is 4.62. The van der Waals surface area contributed by atoms with Gasteiger partial charge in [0.2, 0.25) is 0 Å². The predicted octanol–water partition coefficient (Wildman–Crippen LogP) is 2.23. The van der Waals surface area contributed by atoms with Crippen LogP contribution >= 0.6 is 11.9 Å². The van der Waals surface area contributed by atoms with Gasteiger partial charge in [-0.05, 0) is 50.2 Å². The maximum Gasteiger partial charge on any atom is 0.0623 e.